The Bertz CT molecular complexity index is 500. The monoisotopic (exact) mass is 206 g/mol. The van der Waals surface area contributed by atoms with E-state index >= 15 is 0 Å². The highest BCUT2D eigenvalue weighted by Gasteiger charge is 2.03. The average Bonchev–Trinajstić information content (AvgIpc) is 2.29. The van der Waals surface area contributed by atoms with Crippen molar-refractivity contribution < 1.29 is 13.5 Å². The van der Waals surface area contributed by atoms with Gasteiger partial charge in [0.05, 0.1) is 0 Å². The molecule has 2 aromatic carbocycles. The summed E-state index contributed by atoms with van der Waals surface area (Å²) >= 11 is 0. The topological polar surface area (TPSA) is 9.23 Å². The van der Waals surface area contributed by atoms with Crippen LogP contribution in [0.3, 0.4) is 0 Å². The van der Waals surface area contributed by atoms with Crippen LogP contribution < -0.4 is 4.74 Å². The fraction of sp³-hybridized carbons (Fsp3) is 0. The lowest BCUT2D eigenvalue weighted by atomic mass is 10.1. The number of hydrogen-bond donors (Lipinski definition) is 0. The van der Waals surface area contributed by atoms with Crippen molar-refractivity contribution in [1.82, 2.24) is 0 Å². The fourth-order valence-corrected chi connectivity index (χ4v) is 1.41. The standard InChI is InChI=1S/C12H8F2O/c13-8-12(14)15-11-7-3-5-9-4-1-2-6-10(9)11/h1-8H/b12-8+. The van der Waals surface area contributed by atoms with Crippen molar-refractivity contribution in [3.8, 4) is 5.75 Å². The highest BCUT2D eigenvalue weighted by Crippen LogP contribution is 2.26. The van der Waals surface area contributed by atoms with Crippen molar-refractivity contribution in [2.24, 2.45) is 0 Å². The molecule has 0 N–H and O–H groups in total. The van der Waals surface area contributed by atoms with E-state index in [1.54, 1.807) is 18.2 Å². The molecule has 0 aliphatic heterocycles. The van der Waals surface area contributed by atoms with Crippen LogP contribution in [0.4, 0.5) is 8.78 Å². The van der Waals surface area contributed by atoms with Crippen molar-refractivity contribution in [2.45, 2.75) is 0 Å². The predicted octanol–water partition coefficient (Wildman–Crippen LogP) is 3.96. The highest BCUT2D eigenvalue weighted by atomic mass is 19.2. The van der Waals surface area contributed by atoms with E-state index < -0.39 is 6.01 Å². The predicted molar refractivity (Wildman–Crippen MR) is 54.9 cm³/mol. The number of rotatable bonds is 2. The lowest BCUT2D eigenvalue weighted by Gasteiger charge is -2.05. The summed E-state index contributed by atoms with van der Waals surface area (Å²) < 4.78 is 29.1. The third-order valence-corrected chi connectivity index (χ3v) is 2.04. The van der Waals surface area contributed by atoms with Crippen molar-refractivity contribution in [3.63, 3.8) is 0 Å². The van der Waals surface area contributed by atoms with Crippen LogP contribution in [0.25, 0.3) is 10.8 Å². The zero-order valence-electron chi connectivity index (χ0n) is 7.78. The van der Waals surface area contributed by atoms with Crippen LogP contribution in [0.5, 0.6) is 5.75 Å². The van der Waals surface area contributed by atoms with Gasteiger partial charge in [-0.3, -0.25) is 0 Å². The normalized spacial score (nSPS) is 11.7. The van der Waals surface area contributed by atoms with Crippen LogP contribution in [0.1, 0.15) is 0 Å². The van der Waals surface area contributed by atoms with E-state index in [9.17, 15) is 8.78 Å². The molecule has 0 aromatic heterocycles. The van der Waals surface area contributed by atoms with Crippen molar-refractivity contribution in [3.05, 3.63) is 54.8 Å². The molecular formula is C12H8F2O. The van der Waals surface area contributed by atoms with E-state index in [2.05, 4.69) is 0 Å². The van der Waals surface area contributed by atoms with E-state index in [1.807, 2.05) is 24.3 Å². The Hall–Kier alpha value is -1.90. The van der Waals surface area contributed by atoms with Crippen LogP contribution in [0.15, 0.2) is 54.8 Å². The van der Waals surface area contributed by atoms with Crippen LogP contribution in [-0.4, -0.2) is 0 Å². The molecule has 0 bridgehead atoms. The van der Waals surface area contributed by atoms with Crippen molar-refractivity contribution in [2.75, 3.05) is 0 Å². The summed E-state index contributed by atoms with van der Waals surface area (Å²) in [5, 5.41) is 1.67. The zero-order valence-corrected chi connectivity index (χ0v) is 7.78. The van der Waals surface area contributed by atoms with Gasteiger partial charge in [0.1, 0.15) is 5.75 Å². The third kappa shape index (κ3) is 1.96. The van der Waals surface area contributed by atoms with E-state index in [4.69, 9.17) is 4.74 Å². The summed E-state index contributed by atoms with van der Waals surface area (Å²) in [4.78, 5) is 0. The molecule has 0 saturated heterocycles. The second kappa shape index (κ2) is 4.09. The average molecular weight is 206 g/mol. The smallest absolute Gasteiger partial charge is 0.306 e. The Morgan fingerprint density at radius 3 is 2.60 bits per heavy atom. The van der Waals surface area contributed by atoms with Gasteiger partial charge in [0, 0.05) is 5.39 Å². The first-order valence-electron chi connectivity index (χ1n) is 4.43. The Labute approximate surface area is 85.6 Å². The van der Waals surface area contributed by atoms with E-state index in [-0.39, 0.29) is 6.33 Å². The Kier molecular flexibility index (Phi) is 2.63. The summed E-state index contributed by atoms with van der Waals surface area (Å²) in [6.07, 6.45) is -0.207. The van der Waals surface area contributed by atoms with E-state index in [1.165, 1.54) is 0 Å². The molecule has 0 heterocycles. The molecule has 0 aliphatic carbocycles. The van der Waals surface area contributed by atoms with E-state index in [0.29, 0.717) is 5.75 Å². The number of halogens is 2. The van der Waals surface area contributed by atoms with Gasteiger partial charge in [-0.2, -0.15) is 4.39 Å². The first kappa shape index (κ1) is 9.65. The van der Waals surface area contributed by atoms with Gasteiger partial charge >= 0.3 is 6.01 Å². The van der Waals surface area contributed by atoms with Crippen LogP contribution in [-0.2, 0) is 0 Å². The van der Waals surface area contributed by atoms with Gasteiger partial charge in [0.15, 0.2) is 6.33 Å². The molecule has 1 nitrogen and oxygen atoms in total. The van der Waals surface area contributed by atoms with Crippen LogP contribution >= 0.6 is 0 Å². The van der Waals surface area contributed by atoms with E-state index in [0.717, 1.165) is 10.8 Å². The van der Waals surface area contributed by atoms with Gasteiger partial charge in [0.2, 0.25) is 0 Å². The molecule has 2 aromatic rings. The van der Waals surface area contributed by atoms with Gasteiger partial charge < -0.3 is 4.74 Å². The SMILES string of the molecule is F/C=C(\F)Oc1cccc2ccccc12. The lowest BCUT2D eigenvalue weighted by Crippen LogP contribution is -1.89. The zero-order chi connectivity index (χ0) is 10.7. The molecule has 2 rings (SSSR count). The molecule has 15 heavy (non-hydrogen) atoms. The molecule has 0 unspecified atom stereocenters. The Morgan fingerprint density at radius 1 is 1.07 bits per heavy atom. The molecule has 76 valence electrons. The Morgan fingerprint density at radius 2 is 1.80 bits per heavy atom. The van der Waals surface area contributed by atoms with Gasteiger partial charge in [-0.15, -0.1) is 0 Å². The quantitative estimate of drug-likeness (QED) is 0.676. The molecule has 0 saturated carbocycles. The van der Waals surface area contributed by atoms with Gasteiger partial charge in [-0.1, -0.05) is 36.4 Å². The second-order valence-electron chi connectivity index (χ2n) is 2.99. The maximum absolute atomic E-state index is 12.6. The summed E-state index contributed by atoms with van der Waals surface area (Å²) in [5.41, 5.74) is 0. The lowest BCUT2D eigenvalue weighted by molar-refractivity contribution is 0.292. The maximum Gasteiger partial charge on any atom is 0.306 e. The molecule has 0 fully saturated rings. The minimum atomic E-state index is -1.24. The van der Waals surface area contributed by atoms with Crippen molar-refractivity contribution >= 4 is 10.8 Å². The third-order valence-electron chi connectivity index (χ3n) is 2.04. The van der Waals surface area contributed by atoms with Crippen LogP contribution in [0.2, 0.25) is 0 Å². The first-order chi connectivity index (χ1) is 7.31. The molecule has 3 heteroatoms. The largest absolute Gasteiger partial charge is 0.429 e. The molecular weight excluding hydrogens is 198 g/mol. The van der Waals surface area contributed by atoms with Gasteiger partial charge in [-0.05, 0) is 11.5 Å². The second-order valence-corrected chi connectivity index (χ2v) is 2.99. The minimum absolute atomic E-state index is 0.207. The van der Waals surface area contributed by atoms with Gasteiger partial charge in [-0.25, -0.2) is 4.39 Å². The summed E-state index contributed by atoms with van der Waals surface area (Å²) in [7, 11) is 0. The summed E-state index contributed by atoms with van der Waals surface area (Å²) in [5.74, 6) is 0.305. The number of fused-ring (bicyclic) bond motifs is 1. The molecule has 0 atom stereocenters. The van der Waals surface area contributed by atoms with Crippen LogP contribution in [0, 0.1) is 0 Å². The van der Waals surface area contributed by atoms with Gasteiger partial charge in [0.25, 0.3) is 0 Å². The number of ether oxygens (including phenoxy) is 1. The fourth-order valence-electron chi connectivity index (χ4n) is 1.41. The molecule has 0 radical (unpaired) electrons. The highest BCUT2D eigenvalue weighted by molar-refractivity contribution is 5.88. The molecule has 0 aliphatic rings. The van der Waals surface area contributed by atoms with Crippen molar-refractivity contribution in [1.29, 1.82) is 0 Å². The Balaban J connectivity index is 2.51. The first-order valence-corrected chi connectivity index (χ1v) is 4.43. The minimum Gasteiger partial charge on any atom is -0.429 e. The number of benzene rings is 2. The summed E-state index contributed by atoms with van der Waals surface area (Å²) in [6.45, 7) is 0. The number of hydrogen-bond acceptors (Lipinski definition) is 1. The molecule has 0 spiro atoms. The molecule has 0 amide bonds. The summed E-state index contributed by atoms with van der Waals surface area (Å²) in [6, 6.07) is 11.3. The maximum atomic E-state index is 12.6.